The first-order chi connectivity index (χ1) is 7.70. The van der Waals surface area contributed by atoms with Crippen LogP contribution in [0.3, 0.4) is 0 Å². The summed E-state index contributed by atoms with van der Waals surface area (Å²) in [5.74, 6) is 1.35. The summed E-state index contributed by atoms with van der Waals surface area (Å²) in [7, 11) is 0. The number of aromatic nitrogens is 2. The Morgan fingerprint density at radius 1 is 1.31 bits per heavy atom. The van der Waals surface area contributed by atoms with Crippen LogP contribution in [0.25, 0.3) is 0 Å². The lowest BCUT2D eigenvalue weighted by atomic mass is 10.2. The van der Waals surface area contributed by atoms with Crippen molar-refractivity contribution in [3.8, 4) is 0 Å². The Balaban J connectivity index is 2.87. The Labute approximate surface area is 97.9 Å². The fourth-order valence-electron chi connectivity index (χ4n) is 1.65. The number of nitrogen functional groups attached to an aromatic ring is 1. The number of nitrogens with two attached hydrogens (primary N) is 1. The molecule has 2 N–H and O–H groups in total. The van der Waals surface area contributed by atoms with E-state index in [2.05, 4.69) is 35.6 Å². The summed E-state index contributed by atoms with van der Waals surface area (Å²) in [6, 6.07) is 0.450. The third-order valence-electron chi connectivity index (χ3n) is 2.85. The average molecular weight is 222 g/mol. The van der Waals surface area contributed by atoms with E-state index < -0.39 is 0 Å². The van der Waals surface area contributed by atoms with E-state index in [-0.39, 0.29) is 0 Å². The normalized spacial score (nSPS) is 12.4. The summed E-state index contributed by atoms with van der Waals surface area (Å²) < 4.78 is 0. The van der Waals surface area contributed by atoms with Crippen molar-refractivity contribution >= 4 is 11.6 Å². The van der Waals surface area contributed by atoms with Crippen LogP contribution in [0.2, 0.25) is 0 Å². The summed E-state index contributed by atoms with van der Waals surface area (Å²) in [4.78, 5) is 10.7. The fraction of sp³-hybridized carbons (Fsp3) is 0.667. The quantitative estimate of drug-likeness (QED) is 0.803. The fourth-order valence-corrected chi connectivity index (χ4v) is 1.65. The first-order valence-corrected chi connectivity index (χ1v) is 6.03. The highest BCUT2D eigenvalue weighted by atomic mass is 15.2. The highest BCUT2D eigenvalue weighted by Gasteiger charge is 2.16. The maximum atomic E-state index is 5.87. The van der Waals surface area contributed by atoms with Gasteiger partial charge in [0.2, 0.25) is 0 Å². The van der Waals surface area contributed by atoms with Crippen molar-refractivity contribution in [2.75, 3.05) is 17.2 Å². The Morgan fingerprint density at radius 2 is 2.00 bits per heavy atom. The van der Waals surface area contributed by atoms with E-state index in [1.54, 1.807) is 12.4 Å². The van der Waals surface area contributed by atoms with Gasteiger partial charge in [-0.1, -0.05) is 20.3 Å². The van der Waals surface area contributed by atoms with E-state index in [0.29, 0.717) is 11.9 Å². The van der Waals surface area contributed by atoms with E-state index in [4.69, 9.17) is 5.73 Å². The molecule has 0 bridgehead atoms. The largest absolute Gasteiger partial charge is 0.381 e. The van der Waals surface area contributed by atoms with Crippen LogP contribution >= 0.6 is 0 Å². The minimum Gasteiger partial charge on any atom is -0.381 e. The standard InChI is InChI=1S/C12H22N4/c1-4-6-9-16(10(3)5-2)12-11(13)14-7-8-15-12/h7-8,10H,4-6,9H2,1-3H3,(H2,13,14). The zero-order valence-corrected chi connectivity index (χ0v) is 10.5. The Bertz CT molecular complexity index is 314. The van der Waals surface area contributed by atoms with Crippen LogP contribution in [0.1, 0.15) is 40.0 Å². The molecule has 1 unspecified atom stereocenters. The van der Waals surface area contributed by atoms with Crippen molar-refractivity contribution < 1.29 is 0 Å². The van der Waals surface area contributed by atoms with E-state index in [1.165, 1.54) is 6.42 Å². The molecule has 1 rings (SSSR count). The Hall–Kier alpha value is -1.32. The first-order valence-electron chi connectivity index (χ1n) is 6.03. The second kappa shape index (κ2) is 6.30. The summed E-state index contributed by atoms with van der Waals surface area (Å²) in [6.07, 6.45) is 6.74. The van der Waals surface area contributed by atoms with Crippen LogP contribution in [0.15, 0.2) is 12.4 Å². The molecule has 4 heteroatoms. The Kier molecular flexibility index (Phi) is 5.02. The molecule has 90 valence electrons. The highest BCUT2D eigenvalue weighted by molar-refractivity contribution is 5.57. The molecule has 0 aliphatic heterocycles. The van der Waals surface area contributed by atoms with Gasteiger partial charge in [0.05, 0.1) is 0 Å². The van der Waals surface area contributed by atoms with Crippen molar-refractivity contribution in [2.24, 2.45) is 0 Å². The van der Waals surface area contributed by atoms with Crippen LogP contribution in [0.5, 0.6) is 0 Å². The van der Waals surface area contributed by atoms with Gasteiger partial charge in [-0.3, -0.25) is 0 Å². The van der Waals surface area contributed by atoms with Crippen LogP contribution in [-0.2, 0) is 0 Å². The molecule has 0 saturated heterocycles. The molecule has 0 saturated carbocycles. The molecule has 0 radical (unpaired) electrons. The molecule has 1 atom stereocenters. The monoisotopic (exact) mass is 222 g/mol. The van der Waals surface area contributed by atoms with Crippen molar-refractivity contribution in [1.29, 1.82) is 0 Å². The van der Waals surface area contributed by atoms with Crippen molar-refractivity contribution in [3.63, 3.8) is 0 Å². The van der Waals surface area contributed by atoms with Gasteiger partial charge in [0, 0.05) is 25.0 Å². The molecule has 0 amide bonds. The summed E-state index contributed by atoms with van der Waals surface area (Å²) in [5, 5.41) is 0. The van der Waals surface area contributed by atoms with E-state index in [1.807, 2.05) is 0 Å². The molecule has 0 aliphatic rings. The molecule has 0 aromatic carbocycles. The zero-order valence-electron chi connectivity index (χ0n) is 10.5. The van der Waals surface area contributed by atoms with E-state index in [0.717, 1.165) is 25.2 Å². The maximum Gasteiger partial charge on any atom is 0.171 e. The topological polar surface area (TPSA) is 55.0 Å². The molecule has 16 heavy (non-hydrogen) atoms. The lowest BCUT2D eigenvalue weighted by molar-refractivity contribution is 0.589. The molecule has 1 aromatic rings. The van der Waals surface area contributed by atoms with E-state index >= 15 is 0 Å². The summed E-state index contributed by atoms with van der Waals surface area (Å²) >= 11 is 0. The molecule has 0 aliphatic carbocycles. The molecular formula is C12H22N4. The van der Waals surface area contributed by atoms with Crippen molar-refractivity contribution in [1.82, 2.24) is 9.97 Å². The second-order valence-corrected chi connectivity index (χ2v) is 4.07. The number of anilines is 2. The second-order valence-electron chi connectivity index (χ2n) is 4.07. The zero-order chi connectivity index (χ0) is 12.0. The predicted molar refractivity (Wildman–Crippen MR) is 68.5 cm³/mol. The van der Waals surface area contributed by atoms with Crippen LogP contribution in [0.4, 0.5) is 11.6 Å². The van der Waals surface area contributed by atoms with E-state index in [9.17, 15) is 0 Å². The minimum atomic E-state index is 0.450. The number of hydrogen-bond acceptors (Lipinski definition) is 4. The smallest absolute Gasteiger partial charge is 0.171 e. The minimum absolute atomic E-state index is 0.450. The number of nitrogens with zero attached hydrogens (tertiary/aromatic N) is 3. The van der Waals surface area contributed by atoms with Gasteiger partial charge in [0.25, 0.3) is 0 Å². The molecule has 0 spiro atoms. The van der Waals surface area contributed by atoms with Crippen LogP contribution in [-0.4, -0.2) is 22.6 Å². The lowest BCUT2D eigenvalue weighted by Gasteiger charge is -2.30. The Morgan fingerprint density at radius 3 is 2.56 bits per heavy atom. The molecule has 4 nitrogen and oxygen atoms in total. The third-order valence-corrected chi connectivity index (χ3v) is 2.85. The van der Waals surface area contributed by atoms with Gasteiger partial charge in [-0.15, -0.1) is 0 Å². The maximum absolute atomic E-state index is 5.87. The summed E-state index contributed by atoms with van der Waals surface area (Å²) in [5.41, 5.74) is 5.87. The molecule has 0 fully saturated rings. The van der Waals surface area contributed by atoms with Gasteiger partial charge in [0.1, 0.15) is 0 Å². The number of rotatable bonds is 6. The van der Waals surface area contributed by atoms with Crippen LogP contribution in [0, 0.1) is 0 Å². The van der Waals surface area contributed by atoms with Gasteiger partial charge in [-0.05, 0) is 19.8 Å². The number of unbranched alkanes of at least 4 members (excludes halogenated alkanes) is 1. The van der Waals surface area contributed by atoms with Gasteiger partial charge in [0.15, 0.2) is 11.6 Å². The molecule has 1 aromatic heterocycles. The van der Waals surface area contributed by atoms with Gasteiger partial charge in [-0.2, -0.15) is 0 Å². The molecule has 1 heterocycles. The van der Waals surface area contributed by atoms with Gasteiger partial charge >= 0.3 is 0 Å². The average Bonchev–Trinajstić information content (AvgIpc) is 2.31. The predicted octanol–water partition coefficient (Wildman–Crippen LogP) is 2.46. The lowest BCUT2D eigenvalue weighted by Crippen LogP contribution is -2.35. The van der Waals surface area contributed by atoms with Crippen molar-refractivity contribution in [2.45, 2.75) is 46.1 Å². The first kappa shape index (κ1) is 12.7. The van der Waals surface area contributed by atoms with Crippen LogP contribution < -0.4 is 10.6 Å². The summed E-state index contributed by atoms with van der Waals surface area (Å²) in [6.45, 7) is 7.56. The van der Waals surface area contributed by atoms with Gasteiger partial charge in [-0.25, -0.2) is 9.97 Å². The highest BCUT2D eigenvalue weighted by Crippen LogP contribution is 2.21. The SMILES string of the molecule is CCCCN(c1nccnc1N)C(C)CC. The van der Waals surface area contributed by atoms with Crippen molar-refractivity contribution in [3.05, 3.63) is 12.4 Å². The molecular weight excluding hydrogens is 200 g/mol. The third kappa shape index (κ3) is 3.08. The van der Waals surface area contributed by atoms with Gasteiger partial charge < -0.3 is 10.6 Å². The number of hydrogen-bond donors (Lipinski definition) is 1.